The molecule has 0 heterocycles. The van der Waals surface area contributed by atoms with Gasteiger partial charge in [0.05, 0.1) is 13.7 Å². The second kappa shape index (κ2) is 8.54. The molecule has 0 saturated heterocycles. The fraction of sp³-hybridized carbons (Fsp3) is 0.583. The van der Waals surface area contributed by atoms with Crippen LogP contribution in [0.4, 0.5) is 0 Å². The Bertz CT molecular complexity index is 222. The van der Waals surface area contributed by atoms with Crippen molar-refractivity contribution in [1.29, 1.82) is 0 Å². The Morgan fingerprint density at radius 2 is 2.07 bits per heavy atom. The molecular weight excluding hydrogens is 174 g/mol. The number of rotatable bonds is 5. The van der Waals surface area contributed by atoms with E-state index in [9.17, 15) is 0 Å². The third-order valence-electron chi connectivity index (χ3n) is 1.67. The third-order valence-corrected chi connectivity index (χ3v) is 1.67. The van der Waals surface area contributed by atoms with Crippen molar-refractivity contribution in [2.24, 2.45) is 4.99 Å². The zero-order valence-electron chi connectivity index (χ0n) is 9.71. The summed E-state index contributed by atoms with van der Waals surface area (Å²) in [5, 5.41) is 0. The van der Waals surface area contributed by atoms with Crippen LogP contribution in [0.15, 0.2) is 28.8 Å². The Labute approximate surface area is 87.4 Å². The van der Waals surface area contributed by atoms with E-state index in [0.29, 0.717) is 12.4 Å². The van der Waals surface area contributed by atoms with E-state index in [1.807, 2.05) is 6.08 Å². The molecule has 0 aromatic heterocycles. The van der Waals surface area contributed by atoms with E-state index in [-0.39, 0.29) is 0 Å². The lowest BCUT2D eigenvalue weighted by atomic mass is 10.3. The van der Waals surface area contributed by atoms with E-state index in [1.165, 1.54) is 5.57 Å². The maximum Gasteiger partial charge on any atom is 0.208 e. The highest BCUT2D eigenvalue weighted by atomic mass is 16.5. The van der Waals surface area contributed by atoms with Crippen LogP contribution >= 0.6 is 0 Å². The monoisotopic (exact) mass is 195 g/mol. The number of methoxy groups -OCH3 is 1. The predicted molar refractivity (Wildman–Crippen MR) is 62.8 cm³/mol. The lowest BCUT2D eigenvalue weighted by Gasteiger charge is -1.97. The Hall–Kier alpha value is -1.05. The van der Waals surface area contributed by atoms with Crippen LogP contribution in [0, 0.1) is 0 Å². The van der Waals surface area contributed by atoms with Crippen molar-refractivity contribution in [2.75, 3.05) is 13.7 Å². The number of ether oxygens (including phenoxy) is 1. The average molecular weight is 195 g/mol. The van der Waals surface area contributed by atoms with Gasteiger partial charge in [-0.3, -0.25) is 0 Å². The zero-order chi connectivity index (χ0) is 10.8. The van der Waals surface area contributed by atoms with Crippen molar-refractivity contribution < 1.29 is 4.74 Å². The van der Waals surface area contributed by atoms with Gasteiger partial charge in [0, 0.05) is 0 Å². The van der Waals surface area contributed by atoms with Gasteiger partial charge in [-0.05, 0) is 26.3 Å². The van der Waals surface area contributed by atoms with Gasteiger partial charge in [0.2, 0.25) is 5.90 Å². The van der Waals surface area contributed by atoms with E-state index in [2.05, 4.69) is 37.9 Å². The minimum Gasteiger partial charge on any atom is -0.481 e. The Balaban J connectivity index is 4.05. The second-order valence-electron chi connectivity index (χ2n) is 3.36. The van der Waals surface area contributed by atoms with Gasteiger partial charge in [-0.1, -0.05) is 31.1 Å². The number of hydrogen-bond acceptors (Lipinski definition) is 2. The smallest absolute Gasteiger partial charge is 0.208 e. The summed E-state index contributed by atoms with van der Waals surface area (Å²) in [6.07, 6.45) is 8.33. The molecule has 0 aliphatic rings. The van der Waals surface area contributed by atoms with Gasteiger partial charge in [-0.2, -0.15) is 0 Å². The summed E-state index contributed by atoms with van der Waals surface area (Å²) in [4.78, 5) is 4.29. The molecule has 2 nitrogen and oxygen atoms in total. The topological polar surface area (TPSA) is 21.6 Å². The Morgan fingerprint density at radius 1 is 1.36 bits per heavy atom. The van der Waals surface area contributed by atoms with Gasteiger partial charge < -0.3 is 4.74 Å². The maximum absolute atomic E-state index is 5.11. The third kappa shape index (κ3) is 7.59. The normalized spacial score (nSPS) is 11.9. The van der Waals surface area contributed by atoms with Crippen molar-refractivity contribution in [2.45, 2.75) is 33.6 Å². The molecule has 0 bridgehead atoms. The molecule has 0 N–H and O–H groups in total. The number of nitrogens with zero attached hydrogens (tertiary/aromatic N) is 1. The molecule has 0 aliphatic carbocycles. The standard InChI is InChI=1S/C12H21NO/c1-5-6-7-8-12(14-4)13-10-9-11(2)3/h7-9H,5-6,10H2,1-4H3/b8-7-,13-12?. The minimum atomic E-state index is 0.696. The largest absolute Gasteiger partial charge is 0.481 e. The lowest BCUT2D eigenvalue weighted by Crippen LogP contribution is -1.97. The molecule has 0 aliphatic heterocycles. The lowest BCUT2D eigenvalue weighted by molar-refractivity contribution is 0.405. The fourth-order valence-electron chi connectivity index (χ4n) is 0.854. The number of hydrogen-bond donors (Lipinski definition) is 0. The van der Waals surface area contributed by atoms with Gasteiger partial charge in [0.1, 0.15) is 0 Å². The van der Waals surface area contributed by atoms with Crippen LogP contribution in [0.5, 0.6) is 0 Å². The summed E-state index contributed by atoms with van der Waals surface area (Å²) >= 11 is 0. The van der Waals surface area contributed by atoms with E-state index in [0.717, 1.165) is 12.8 Å². The summed E-state index contributed by atoms with van der Waals surface area (Å²) in [7, 11) is 1.65. The van der Waals surface area contributed by atoms with E-state index in [4.69, 9.17) is 4.74 Å². The number of aliphatic imine (C=N–C) groups is 1. The summed E-state index contributed by atoms with van der Waals surface area (Å²) in [5.74, 6) is 0.705. The Morgan fingerprint density at radius 3 is 2.57 bits per heavy atom. The summed E-state index contributed by atoms with van der Waals surface area (Å²) < 4.78 is 5.11. The second-order valence-corrected chi connectivity index (χ2v) is 3.36. The van der Waals surface area contributed by atoms with Crippen molar-refractivity contribution >= 4 is 5.90 Å². The highest BCUT2D eigenvalue weighted by Gasteiger charge is 1.88. The first-order chi connectivity index (χ1) is 6.70. The van der Waals surface area contributed by atoms with Crippen LogP contribution in [-0.2, 0) is 4.74 Å². The first-order valence-corrected chi connectivity index (χ1v) is 5.09. The molecule has 0 saturated carbocycles. The van der Waals surface area contributed by atoms with Gasteiger partial charge in [0.15, 0.2) is 0 Å². The van der Waals surface area contributed by atoms with Gasteiger partial charge in [0.25, 0.3) is 0 Å². The first-order valence-electron chi connectivity index (χ1n) is 5.09. The van der Waals surface area contributed by atoms with Crippen LogP contribution in [0.2, 0.25) is 0 Å². The molecule has 0 spiro atoms. The van der Waals surface area contributed by atoms with Crippen molar-refractivity contribution in [1.82, 2.24) is 0 Å². The SMILES string of the molecule is CCC/C=C\C(=NCC=C(C)C)OC. The molecule has 2 heteroatoms. The molecule has 0 atom stereocenters. The zero-order valence-corrected chi connectivity index (χ0v) is 9.71. The van der Waals surface area contributed by atoms with Crippen molar-refractivity contribution in [3.63, 3.8) is 0 Å². The summed E-state index contributed by atoms with van der Waals surface area (Å²) in [5.41, 5.74) is 1.28. The molecule has 0 rings (SSSR count). The molecule has 0 radical (unpaired) electrons. The molecule has 0 aromatic rings. The molecule has 0 unspecified atom stereocenters. The molecule has 0 fully saturated rings. The van der Waals surface area contributed by atoms with Crippen LogP contribution in [-0.4, -0.2) is 19.6 Å². The molecule has 0 amide bonds. The minimum absolute atomic E-state index is 0.696. The van der Waals surface area contributed by atoms with E-state index in [1.54, 1.807) is 7.11 Å². The highest BCUT2D eigenvalue weighted by molar-refractivity contribution is 5.87. The van der Waals surface area contributed by atoms with Crippen molar-refractivity contribution in [3.8, 4) is 0 Å². The first kappa shape index (κ1) is 12.9. The molecular formula is C12H21NO. The summed E-state index contributed by atoms with van der Waals surface area (Å²) in [6, 6.07) is 0. The summed E-state index contributed by atoms with van der Waals surface area (Å²) in [6.45, 7) is 6.98. The average Bonchev–Trinajstić information content (AvgIpc) is 2.15. The van der Waals surface area contributed by atoms with Gasteiger partial charge in [-0.15, -0.1) is 0 Å². The van der Waals surface area contributed by atoms with Crippen LogP contribution in [0.3, 0.4) is 0 Å². The van der Waals surface area contributed by atoms with Crippen molar-refractivity contribution in [3.05, 3.63) is 23.8 Å². The van der Waals surface area contributed by atoms with Gasteiger partial charge in [-0.25, -0.2) is 4.99 Å². The van der Waals surface area contributed by atoms with Crippen LogP contribution in [0.25, 0.3) is 0 Å². The molecule has 80 valence electrons. The number of unbranched alkanes of at least 4 members (excludes halogenated alkanes) is 1. The quantitative estimate of drug-likeness (QED) is 0.374. The molecule has 0 aromatic carbocycles. The predicted octanol–water partition coefficient (Wildman–Crippen LogP) is 3.35. The van der Waals surface area contributed by atoms with E-state index < -0.39 is 0 Å². The van der Waals surface area contributed by atoms with E-state index >= 15 is 0 Å². The van der Waals surface area contributed by atoms with Crippen LogP contribution < -0.4 is 0 Å². The molecule has 14 heavy (non-hydrogen) atoms. The highest BCUT2D eigenvalue weighted by Crippen LogP contribution is 1.93. The number of allylic oxidation sites excluding steroid dienone is 2. The Kier molecular flexibility index (Phi) is 7.90. The maximum atomic E-state index is 5.11. The fourth-order valence-corrected chi connectivity index (χ4v) is 0.854. The van der Waals surface area contributed by atoms with Crippen LogP contribution in [0.1, 0.15) is 33.6 Å². The van der Waals surface area contributed by atoms with Gasteiger partial charge >= 0.3 is 0 Å².